The van der Waals surface area contributed by atoms with Gasteiger partial charge in [-0.3, -0.25) is 0 Å². The maximum absolute atomic E-state index is 11.7. The second-order valence-corrected chi connectivity index (χ2v) is 7.17. The molecule has 1 aliphatic carbocycles. The smallest absolute Gasteiger partial charge is 0.493 e. The summed E-state index contributed by atoms with van der Waals surface area (Å²) in [6, 6.07) is 6.57. The summed E-state index contributed by atoms with van der Waals surface area (Å²) >= 11 is 0. The highest BCUT2D eigenvalue weighted by Crippen LogP contribution is 2.50. The first kappa shape index (κ1) is 18.8. The summed E-state index contributed by atoms with van der Waals surface area (Å²) in [5, 5.41) is 0. The third-order valence-electron chi connectivity index (χ3n) is 5.96. The number of hydrogen-bond acceptors (Lipinski definition) is 6. The van der Waals surface area contributed by atoms with E-state index in [1.807, 2.05) is 6.07 Å². The number of carbonyl (C=O) groups excluding carboxylic acids is 1. The number of nitrogens with zero attached hydrogens (tertiary/aromatic N) is 1. The van der Waals surface area contributed by atoms with Crippen molar-refractivity contribution in [1.82, 2.24) is 4.90 Å². The molecule has 26 heavy (non-hydrogen) atoms. The number of fused-ring (bicyclic) bond motifs is 1. The molecule has 1 saturated carbocycles. The topological polar surface area (TPSA) is 57.2 Å². The van der Waals surface area contributed by atoms with Crippen molar-refractivity contribution in [2.24, 2.45) is 0 Å². The van der Waals surface area contributed by atoms with Crippen LogP contribution in [0.5, 0.6) is 11.5 Å². The molecule has 2 aliphatic rings. The Morgan fingerprint density at radius 3 is 2.69 bits per heavy atom. The van der Waals surface area contributed by atoms with Gasteiger partial charge >= 0.3 is 6.16 Å². The third-order valence-corrected chi connectivity index (χ3v) is 5.96. The van der Waals surface area contributed by atoms with Gasteiger partial charge in [0.1, 0.15) is 6.10 Å². The molecule has 3 rings (SSSR count). The minimum absolute atomic E-state index is 0.0584. The molecule has 3 atom stereocenters. The van der Waals surface area contributed by atoms with Gasteiger partial charge in [-0.15, -0.1) is 0 Å². The molecule has 0 N–H and O–H groups in total. The van der Waals surface area contributed by atoms with Gasteiger partial charge < -0.3 is 23.8 Å². The average Bonchev–Trinajstić information content (AvgIpc) is 2.99. The summed E-state index contributed by atoms with van der Waals surface area (Å²) in [4.78, 5) is 14.1. The van der Waals surface area contributed by atoms with Gasteiger partial charge in [-0.05, 0) is 57.5 Å². The van der Waals surface area contributed by atoms with Crippen LogP contribution < -0.4 is 9.47 Å². The van der Waals surface area contributed by atoms with E-state index < -0.39 is 6.16 Å². The van der Waals surface area contributed by atoms with Crippen molar-refractivity contribution in [2.45, 2.75) is 50.2 Å². The molecule has 1 aromatic carbocycles. The normalized spacial score (nSPS) is 28.3. The fourth-order valence-corrected chi connectivity index (χ4v) is 4.62. The van der Waals surface area contributed by atoms with Gasteiger partial charge in [0, 0.05) is 17.9 Å². The Kier molecular flexibility index (Phi) is 5.61. The van der Waals surface area contributed by atoms with E-state index >= 15 is 0 Å². The fraction of sp³-hybridized carbons (Fsp3) is 0.650. The maximum atomic E-state index is 11.7. The number of methoxy groups -OCH3 is 2. The molecule has 2 fully saturated rings. The summed E-state index contributed by atoms with van der Waals surface area (Å²) in [5.74, 6) is 1.51. The Morgan fingerprint density at radius 1 is 1.23 bits per heavy atom. The van der Waals surface area contributed by atoms with Crippen molar-refractivity contribution in [2.75, 3.05) is 34.4 Å². The minimum Gasteiger partial charge on any atom is -0.493 e. The molecule has 1 aliphatic heterocycles. The Balaban J connectivity index is 1.84. The minimum atomic E-state index is -0.559. The van der Waals surface area contributed by atoms with E-state index in [1.165, 1.54) is 5.56 Å². The van der Waals surface area contributed by atoms with Crippen molar-refractivity contribution < 1.29 is 23.7 Å². The van der Waals surface area contributed by atoms with E-state index in [9.17, 15) is 4.79 Å². The molecule has 0 radical (unpaired) electrons. The van der Waals surface area contributed by atoms with Crippen molar-refractivity contribution >= 4 is 6.16 Å². The number of likely N-dealkylation sites (N-methyl/N-ethyl adjacent to an activating group) is 1. The second kappa shape index (κ2) is 7.74. The van der Waals surface area contributed by atoms with Crippen molar-refractivity contribution in [3.8, 4) is 11.5 Å². The van der Waals surface area contributed by atoms with Crippen molar-refractivity contribution in [3.05, 3.63) is 23.8 Å². The standard InChI is InChI=1S/C20H29NO5/c1-5-25-19(22)26-15-8-9-20(10-11-21(2)18(20)13-15)14-6-7-16(23-3)17(12-14)24-4/h6-7,12,15,18H,5,8-11,13H2,1-4H3. The van der Waals surface area contributed by atoms with Crippen LogP contribution in [-0.4, -0.2) is 57.6 Å². The van der Waals surface area contributed by atoms with E-state index in [1.54, 1.807) is 21.1 Å². The highest BCUT2D eigenvalue weighted by molar-refractivity contribution is 5.60. The number of carbonyl (C=O) groups is 1. The molecule has 1 heterocycles. The molecule has 6 nitrogen and oxygen atoms in total. The number of rotatable bonds is 5. The van der Waals surface area contributed by atoms with E-state index in [2.05, 4.69) is 24.1 Å². The van der Waals surface area contributed by atoms with Gasteiger partial charge in [0.15, 0.2) is 11.5 Å². The zero-order valence-electron chi connectivity index (χ0n) is 16.1. The lowest BCUT2D eigenvalue weighted by atomic mass is 9.65. The molecule has 1 aromatic rings. The van der Waals surface area contributed by atoms with Crippen LogP contribution in [0.4, 0.5) is 4.79 Å². The van der Waals surface area contributed by atoms with Crippen LogP contribution in [0.3, 0.4) is 0 Å². The quantitative estimate of drug-likeness (QED) is 0.748. The monoisotopic (exact) mass is 363 g/mol. The Bertz CT molecular complexity index is 649. The van der Waals surface area contributed by atoms with Crippen LogP contribution in [0.15, 0.2) is 18.2 Å². The summed E-state index contributed by atoms with van der Waals surface area (Å²) in [5.41, 5.74) is 1.34. The molecule has 6 heteroatoms. The van der Waals surface area contributed by atoms with E-state index in [-0.39, 0.29) is 11.5 Å². The van der Waals surface area contributed by atoms with Crippen LogP contribution >= 0.6 is 0 Å². The number of benzene rings is 1. The predicted molar refractivity (Wildman–Crippen MR) is 98.0 cm³/mol. The van der Waals surface area contributed by atoms with Crippen LogP contribution in [0.25, 0.3) is 0 Å². The fourth-order valence-electron chi connectivity index (χ4n) is 4.62. The largest absolute Gasteiger partial charge is 0.508 e. The Labute approximate surface area is 155 Å². The number of likely N-dealkylation sites (tertiary alicyclic amines) is 1. The summed E-state index contributed by atoms with van der Waals surface area (Å²) in [6.45, 7) is 3.16. The number of ether oxygens (including phenoxy) is 4. The lowest BCUT2D eigenvalue weighted by Gasteiger charge is -2.44. The summed E-state index contributed by atoms with van der Waals surface area (Å²) < 4.78 is 21.4. The average molecular weight is 363 g/mol. The van der Waals surface area contributed by atoms with Crippen LogP contribution in [0.2, 0.25) is 0 Å². The van der Waals surface area contributed by atoms with Crippen molar-refractivity contribution in [1.29, 1.82) is 0 Å². The van der Waals surface area contributed by atoms with Crippen LogP contribution in [-0.2, 0) is 14.9 Å². The molecular formula is C20H29NO5. The molecule has 0 spiro atoms. The van der Waals surface area contributed by atoms with E-state index in [4.69, 9.17) is 18.9 Å². The first-order valence-corrected chi connectivity index (χ1v) is 9.30. The molecule has 0 aromatic heterocycles. The van der Waals surface area contributed by atoms with Gasteiger partial charge in [0.2, 0.25) is 0 Å². The molecule has 1 saturated heterocycles. The Hall–Kier alpha value is -1.95. The zero-order chi connectivity index (χ0) is 18.7. The van der Waals surface area contributed by atoms with Gasteiger partial charge in [-0.25, -0.2) is 4.79 Å². The molecule has 144 valence electrons. The molecule has 0 bridgehead atoms. The van der Waals surface area contributed by atoms with Gasteiger partial charge in [-0.2, -0.15) is 0 Å². The van der Waals surface area contributed by atoms with E-state index in [0.29, 0.717) is 12.6 Å². The summed E-state index contributed by atoms with van der Waals surface area (Å²) in [7, 11) is 5.47. The molecular weight excluding hydrogens is 334 g/mol. The zero-order valence-corrected chi connectivity index (χ0v) is 16.1. The highest BCUT2D eigenvalue weighted by atomic mass is 16.7. The first-order chi connectivity index (χ1) is 12.5. The Morgan fingerprint density at radius 2 is 2.00 bits per heavy atom. The predicted octanol–water partition coefficient (Wildman–Crippen LogP) is 3.37. The van der Waals surface area contributed by atoms with Gasteiger partial charge in [0.25, 0.3) is 0 Å². The first-order valence-electron chi connectivity index (χ1n) is 9.30. The van der Waals surface area contributed by atoms with Crippen molar-refractivity contribution in [3.63, 3.8) is 0 Å². The summed E-state index contributed by atoms with van der Waals surface area (Å²) in [6.07, 6.45) is 3.09. The maximum Gasteiger partial charge on any atom is 0.508 e. The van der Waals surface area contributed by atoms with Crippen LogP contribution in [0.1, 0.15) is 38.2 Å². The molecule has 0 amide bonds. The number of hydrogen-bond donors (Lipinski definition) is 0. The SMILES string of the molecule is CCOC(=O)OC1CCC2(c3ccc(OC)c(OC)c3)CCN(C)C2C1. The second-order valence-electron chi connectivity index (χ2n) is 7.17. The highest BCUT2D eigenvalue weighted by Gasteiger charge is 2.51. The van der Waals surface area contributed by atoms with Gasteiger partial charge in [0.05, 0.1) is 20.8 Å². The van der Waals surface area contributed by atoms with E-state index in [0.717, 1.165) is 43.7 Å². The third kappa shape index (κ3) is 3.34. The van der Waals surface area contributed by atoms with Gasteiger partial charge in [-0.1, -0.05) is 6.07 Å². The lowest BCUT2D eigenvalue weighted by Crippen LogP contribution is -2.48. The lowest BCUT2D eigenvalue weighted by molar-refractivity contribution is -0.00820. The molecule has 3 unspecified atom stereocenters. The van der Waals surface area contributed by atoms with Crippen LogP contribution in [0, 0.1) is 0 Å².